The van der Waals surface area contributed by atoms with Crippen LogP contribution in [0.25, 0.3) is 10.2 Å². The summed E-state index contributed by atoms with van der Waals surface area (Å²) in [5.41, 5.74) is 7.67. The summed E-state index contributed by atoms with van der Waals surface area (Å²) in [6.45, 7) is 6.43. The molecule has 14 heavy (non-hydrogen) atoms. The number of fused-ring (bicyclic) bond motifs is 1. The van der Waals surface area contributed by atoms with Crippen molar-refractivity contribution in [2.45, 2.75) is 26.2 Å². The Hall–Kier alpha value is -1.16. The first-order valence-electron chi connectivity index (χ1n) is 4.49. The van der Waals surface area contributed by atoms with Crippen LogP contribution < -0.4 is 5.73 Å². The summed E-state index contributed by atoms with van der Waals surface area (Å²) in [7, 11) is 0. The number of hydrogen-bond acceptors (Lipinski definition) is 4. The highest BCUT2D eigenvalue weighted by molar-refractivity contribution is 7.22. The summed E-state index contributed by atoms with van der Waals surface area (Å²) in [6, 6.07) is 2.07. The first-order chi connectivity index (χ1) is 6.47. The van der Waals surface area contributed by atoms with E-state index in [2.05, 4.69) is 36.8 Å². The zero-order valence-corrected chi connectivity index (χ0v) is 9.35. The molecule has 0 aromatic carbocycles. The van der Waals surface area contributed by atoms with E-state index >= 15 is 0 Å². The average molecular weight is 207 g/mol. The topological polar surface area (TPSA) is 51.8 Å². The molecule has 74 valence electrons. The molecule has 2 aromatic rings. The Morgan fingerprint density at radius 3 is 2.71 bits per heavy atom. The van der Waals surface area contributed by atoms with Gasteiger partial charge in [-0.05, 0) is 6.07 Å². The summed E-state index contributed by atoms with van der Waals surface area (Å²) < 4.78 is 1.11. The van der Waals surface area contributed by atoms with Gasteiger partial charge in [0.1, 0.15) is 5.52 Å². The maximum atomic E-state index is 5.63. The number of nitrogen functional groups attached to an aromatic ring is 1. The Morgan fingerprint density at radius 2 is 2.07 bits per heavy atom. The van der Waals surface area contributed by atoms with Gasteiger partial charge < -0.3 is 5.73 Å². The van der Waals surface area contributed by atoms with Crippen LogP contribution >= 0.6 is 11.3 Å². The van der Waals surface area contributed by atoms with Gasteiger partial charge in [-0.2, -0.15) is 0 Å². The number of pyridine rings is 1. The first kappa shape index (κ1) is 9.40. The second kappa shape index (κ2) is 2.92. The highest BCUT2D eigenvalue weighted by Gasteiger charge is 2.16. The van der Waals surface area contributed by atoms with Crippen molar-refractivity contribution in [2.75, 3.05) is 5.73 Å². The van der Waals surface area contributed by atoms with E-state index < -0.39 is 0 Å². The van der Waals surface area contributed by atoms with E-state index in [0.29, 0.717) is 5.13 Å². The number of nitrogens with zero attached hydrogens (tertiary/aromatic N) is 2. The quantitative estimate of drug-likeness (QED) is 0.722. The number of hydrogen-bond donors (Lipinski definition) is 1. The van der Waals surface area contributed by atoms with Crippen LogP contribution in [0.4, 0.5) is 5.13 Å². The molecule has 0 aliphatic rings. The predicted molar refractivity (Wildman–Crippen MR) is 60.5 cm³/mol. The molecule has 0 saturated heterocycles. The lowest BCUT2D eigenvalue weighted by atomic mass is 9.92. The molecule has 2 rings (SSSR count). The van der Waals surface area contributed by atoms with Gasteiger partial charge in [-0.25, -0.2) is 4.98 Å². The third kappa shape index (κ3) is 1.57. The van der Waals surface area contributed by atoms with Crippen molar-refractivity contribution in [3.63, 3.8) is 0 Å². The number of anilines is 1. The fourth-order valence-electron chi connectivity index (χ4n) is 1.26. The van der Waals surface area contributed by atoms with Crippen molar-refractivity contribution in [1.82, 2.24) is 9.97 Å². The molecule has 2 N–H and O–H groups in total. The molecule has 0 bridgehead atoms. The molecule has 0 atom stereocenters. The second-order valence-electron chi connectivity index (χ2n) is 4.34. The molecule has 0 fully saturated rings. The SMILES string of the molecule is CC(C)(C)c1cc2sc(N)nc2cn1. The monoisotopic (exact) mass is 207 g/mol. The Kier molecular flexibility index (Phi) is 1.96. The van der Waals surface area contributed by atoms with Crippen molar-refractivity contribution in [1.29, 1.82) is 0 Å². The standard InChI is InChI=1S/C10H13N3S/c1-10(2,3)8-4-7-6(5-12-8)13-9(11)14-7/h4-5H,1-3H3,(H2,11,13). The second-order valence-corrected chi connectivity index (χ2v) is 5.40. The van der Waals surface area contributed by atoms with Gasteiger partial charge in [-0.3, -0.25) is 4.98 Å². The maximum absolute atomic E-state index is 5.63. The van der Waals surface area contributed by atoms with Crippen molar-refractivity contribution in [3.8, 4) is 0 Å². The van der Waals surface area contributed by atoms with Gasteiger partial charge in [-0.1, -0.05) is 32.1 Å². The minimum absolute atomic E-state index is 0.0763. The molecular formula is C10H13N3S. The van der Waals surface area contributed by atoms with Gasteiger partial charge in [0, 0.05) is 11.1 Å². The summed E-state index contributed by atoms with van der Waals surface area (Å²) in [4.78, 5) is 8.55. The number of nitrogens with two attached hydrogens (primary N) is 1. The van der Waals surface area contributed by atoms with E-state index in [1.807, 2.05) is 0 Å². The molecule has 0 radical (unpaired) electrons. The largest absolute Gasteiger partial charge is 0.375 e. The Labute approximate surface area is 87.0 Å². The van der Waals surface area contributed by atoms with Gasteiger partial charge >= 0.3 is 0 Å². The fourth-order valence-corrected chi connectivity index (χ4v) is 2.00. The Morgan fingerprint density at radius 1 is 1.36 bits per heavy atom. The fraction of sp³-hybridized carbons (Fsp3) is 0.400. The lowest BCUT2D eigenvalue weighted by Crippen LogP contribution is -2.12. The first-order valence-corrected chi connectivity index (χ1v) is 5.31. The predicted octanol–water partition coefficient (Wildman–Crippen LogP) is 2.57. The third-order valence-corrected chi connectivity index (χ3v) is 2.91. The number of rotatable bonds is 0. The highest BCUT2D eigenvalue weighted by atomic mass is 32.1. The van der Waals surface area contributed by atoms with E-state index in [1.54, 1.807) is 6.20 Å². The van der Waals surface area contributed by atoms with Crippen LogP contribution in [0.1, 0.15) is 26.5 Å². The molecule has 2 aromatic heterocycles. The van der Waals surface area contributed by atoms with Crippen molar-refractivity contribution in [3.05, 3.63) is 18.0 Å². The van der Waals surface area contributed by atoms with Crippen LogP contribution in [0.5, 0.6) is 0 Å². The molecule has 2 heterocycles. The molecule has 0 aliphatic heterocycles. The number of aromatic nitrogens is 2. The molecular weight excluding hydrogens is 194 g/mol. The van der Waals surface area contributed by atoms with E-state index in [-0.39, 0.29) is 5.41 Å². The summed E-state index contributed by atoms with van der Waals surface area (Å²) >= 11 is 1.51. The van der Waals surface area contributed by atoms with Gasteiger partial charge in [0.15, 0.2) is 5.13 Å². The average Bonchev–Trinajstić information content (AvgIpc) is 2.41. The van der Waals surface area contributed by atoms with E-state index in [9.17, 15) is 0 Å². The smallest absolute Gasteiger partial charge is 0.181 e. The van der Waals surface area contributed by atoms with Gasteiger partial charge in [-0.15, -0.1) is 0 Å². The van der Waals surface area contributed by atoms with Gasteiger partial charge in [0.05, 0.1) is 10.9 Å². The minimum atomic E-state index is 0.0763. The summed E-state index contributed by atoms with van der Waals surface area (Å²) in [5, 5.41) is 0.604. The molecule has 4 heteroatoms. The van der Waals surface area contributed by atoms with Crippen molar-refractivity contribution in [2.24, 2.45) is 0 Å². The summed E-state index contributed by atoms with van der Waals surface area (Å²) in [5.74, 6) is 0. The normalized spacial score (nSPS) is 12.2. The Balaban J connectivity index is 2.62. The summed E-state index contributed by atoms with van der Waals surface area (Å²) in [6.07, 6.45) is 1.79. The van der Waals surface area contributed by atoms with Gasteiger partial charge in [0.25, 0.3) is 0 Å². The van der Waals surface area contributed by atoms with Crippen molar-refractivity contribution < 1.29 is 0 Å². The lowest BCUT2D eigenvalue weighted by Gasteiger charge is -2.16. The molecule has 0 unspecified atom stereocenters. The van der Waals surface area contributed by atoms with Crippen LogP contribution in [-0.2, 0) is 5.41 Å². The Bertz CT molecular complexity index is 468. The molecule has 0 amide bonds. The van der Waals surface area contributed by atoms with Crippen LogP contribution in [0.15, 0.2) is 12.3 Å². The highest BCUT2D eigenvalue weighted by Crippen LogP contribution is 2.27. The van der Waals surface area contributed by atoms with Crippen LogP contribution in [0, 0.1) is 0 Å². The zero-order chi connectivity index (χ0) is 10.3. The molecule has 0 saturated carbocycles. The van der Waals surface area contributed by atoms with E-state index in [4.69, 9.17) is 5.73 Å². The maximum Gasteiger partial charge on any atom is 0.181 e. The zero-order valence-electron chi connectivity index (χ0n) is 8.53. The van der Waals surface area contributed by atoms with Crippen LogP contribution in [-0.4, -0.2) is 9.97 Å². The minimum Gasteiger partial charge on any atom is -0.375 e. The molecule has 0 spiro atoms. The van der Waals surface area contributed by atoms with Crippen LogP contribution in [0.3, 0.4) is 0 Å². The lowest BCUT2D eigenvalue weighted by molar-refractivity contribution is 0.570. The van der Waals surface area contributed by atoms with E-state index in [0.717, 1.165) is 15.9 Å². The molecule has 3 nitrogen and oxygen atoms in total. The van der Waals surface area contributed by atoms with Crippen LogP contribution in [0.2, 0.25) is 0 Å². The van der Waals surface area contributed by atoms with Crippen molar-refractivity contribution >= 4 is 26.7 Å². The third-order valence-electron chi connectivity index (χ3n) is 2.06. The van der Waals surface area contributed by atoms with E-state index in [1.165, 1.54) is 11.3 Å². The molecule has 0 aliphatic carbocycles. The van der Waals surface area contributed by atoms with Gasteiger partial charge in [0.2, 0.25) is 0 Å². The number of thiazole rings is 1.